The third-order valence-corrected chi connectivity index (χ3v) is 4.11. The number of aliphatic hydroxyl groups excluding tert-OH is 1. The highest BCUT2D eigenvalue weighted by atomic mass is 32.2. The Labute approximate surface area is 117 Å². The Kier molecular flexibility index (Phi) is 4.62. The van der Waals surface area contributed by atoms with Crippen LogP contribution in [0.5, 0.6) is 0 Å². The van der Waals surface area contributed by atoms with Gasteiger partial charge in [-0.2, -0.15) is 5.26 Å². The molecule has 0 atom stereocenters. The summed E-state index contributed by atoms with van der Waals surface area (Å²) >= 11 is 1.65. The van der Waals surface area contributed by atoms with E-state index in [0.717, 1.165) is 16.2 Å². The van der Waals surface area contributed by atoms with Crippen LogP contribution in [0.15, 0.2) is 47.4 Å². The summed E-state index contributed by atoms with van der Waals surface area (Å²) in [5, 5.41) is 18.2. The second-order valence-electron chi connectivity index (χ2n) is 4.32. The first-order valence-electron chi connectivity index (χ1n) is 6.06. The van der Waals surface area contributed by atoms with Crippen LogP contribution < -0.4 is 0 Å². The van der Waals surface area contributed by atoms with E-state index >= 15 is 0 Å². The maximum absolute atomic E-state index is 9.15. The van der Waals surface area contributed by atoms with Gasteiger partial charge in [0.25, 0.3) is 0 Å². The van der Waals surface area contributed by atoms with Gasteiger partial charge >= 0.3 is 0 Å². The molecule has 3 heteroatoms. The fraction of sp³-hybridized carbons (Fsp3) is 0.188. The van der Waals surface area contributed by atoms with E-state index in [0.29, 0.717) is 5.56 Å². The van der Waals surface area contributed by atoms with Gasteiger partial charge in [-0.1, -0.05) is 30.3 Å². The van der Waals surface area contributed by atoms with Gasteiger partial charge in [0.1, 0.15) is 6.07 Å². The molecule has 0 aliphatic carbocycles. The minimum atomic E-state index is -0.0303. The molecule has 0 saturated carbocycles. The average molecular weight is 269 g/mol. The van der Waals surface area contributed by atoms with Gasteiger partial charge in [0, 0.05) is 10.6 Å². The van der Waals surface area contributed by atoms with Crippen LogP contribution in [0.2, 0.25) is 0 Å². The molecule has 2 aromatic carbocycles. The van der Waals surface area contributed by atoms with Gasteiger partial charge in [-0.15, -0.1) is 11.8 Å². The first kappa shape index (κ1) is 13.7. The lowest BCUT2D eigenvalue weighted by molar-refractivity contribution is 0.281. The van der Waals surface area contributed by atoms with Gasteiger partial charge in [-0.05, 0) is 35.7 Å². The third-order valence-electron chi connectivity index (χ3n) is 2.99. The standard InChI is InChI=1S/C16H15NOS/c1-12-4-2-3-5-14(12)11-19-16-7-6-13(10-18)8-15(16)9-17/h2-8,18H,10-11H2,1H3. The zero-order valence-corrected chi connectivity index (χ0v) is 11.6. The van der Waals surface area contributed by atoms with E-state index in [4.69, 9.17) is 10.4 Å². The van der Waals surface area contributed by atoms with Crippen molar-refractivity contribution in [2.75, 3.05) is 0 Å². The van der Waals surface area contributed by atoms with Crippen LogP contribution in [0, 0.1) is 18.3 Å². The molecule has 96 valence electrons. The van der Waals surface area contributed by atoms with Crippen molar-refractivity contribution in [3.63, 3.8) is 0 Å². The second-order valence-corrected chi connectivity index (χ2v) is 5.33. The van der Waals surface area contributed by atoms with E-state index in [1.54, 1.807) is 17.8 Å². The minimum Gasteiger partial charge on any atom is -0.392 e. The topological polar surface area (TPSA) is 44.0 Å². The molecule has 0 saturated heterocycles. The smallest absolute Gasteiger partial charge is 0.100 e. The van der Waals surface area contributed by atoms with Crippen LogP contribution in [0.3, 0.4) is 0 Å². The van der Waals surface area contributed by atoms with Crippen LogP contribution in [0.25, 0.3) is 0 Å². The molecule has 0 fully saturated rings. The van der Waals surface area contributed by atoms with Crippen molar-refractivity contribution < 1.29 is 5.11 Å². The number of thioether (sulfide) groups is 1. The van der Waals surface area contributed by atoms with Crippen molar-refractivity contribution in [3.8, 4) is 6.07 Å². The molecule has 0 heterocycles. The molecule has 1 N–H and O–H groups in total. The van der Waals surface area contributed by atoms with Gasteiger partial charge in [0.15, 0.2) is 0 Å². The van der Waals surface area contributed by atoms with Crippen molar-refractivity contribution in [2.45, 2.75) is 24.2 Å². The minimum absolute atomic E-state index is 0.0303. The first-order chi connectivity index (χ1) is 9.24. The molecule has 19 heavy (non-hydrogen) atoms. The Bertz CT molecular complexity index is 616. The fourth-order valence-corrected chi connectivity index (χ4v) is 2.88. The van der Waals surface area contributed by atoms with Gasteiger partial charge in [-0.25, -0.2) is 0 Å². The van der Waals surface area contributed by atoms with E-state index in [1.807, 2.05) is 24.3 Å². The largest absolute Gasteiger partial charge is 0.392 e. The molecule has 2 aromatic rings. The molecule has 0 amide bonds. The highest BCUT2D eigenvalue weighted by Gasteiger charge is 2.05. The first-order valence-corrected chi connectivity index (χ1v) is 7.04. The fourth-order valence-electron chi connectivity index (χ4n) is 1.82. The zero-order valence-electron chi connectivity index (χ0n) is 10.8. The summed E-state index contributed by atoms with van der Waals surface area (Å²) in [5.41, 5.74) is 3.95. The summed E-state index contributed by atoms with van der Waals surface area (Å²) in [5.74, 6) is 0.847. The molecule has 0 unspecified atom stereocenters. The Morgan fingerprint density at radius 1 is 1.21 bits per heavy atom. The summed E-state index contributed by atoms with van der Waals surface area (Å²) in [4.78, 5) is 0.961. The Hall–Kier alpha value is -1.76. The van der Waals surface area contributed by atoms with Crippen LogP contribution in [-0.2, 0) is 12.4 Å². The molecule has 0 spiro atoms. The molecular weight excluding hydrogens is 254 g/mol. The molecule has 0 aromatic heterocycles. The van der Waals surface area contributed by atoms with Gasteiger partial charge in [0.2, 0.25) is 0 Å². The summed E-state index contributed by atoms with van der Waals surface area (Å²) < 4.78 is 0. The number of nitriles is 1. The highest BCUT2D eigenvalue weighted by Crippen LogP contribution is 2.27. The molecule has 2 rings (SSSR count). The lowest BCUT2D eigenvalue weighted by Gasteiger charge is -2.07. The summed E-state index contributed by atoms with van der Waals surface area (Å²) in [6, 6.07) is 16.0. The van der Waals surface area contributed by atoms with E-state index < -0.39 is 0 Å². The summed E-state index contributed by atoms with van der Waals surface area (Å²) in [6.07, 6.45) is 0. The van der Waals surface area contributed by atoms with Crippen molar-refractivity contribution in [3.05, 3.63) is 64.7 Å². The predicted octanol–water partition coefficient (Wildman–Crippen LogP) is 3.65. The van der Waals surface area contributed by atoms with Crippen LogP contribution >= 0.6 is 11.8 Å². The lowest BCUT2D eigenvalue weighted by Crippen LogP contribution is -1.90. The van der Waals surface area contributed by atoms with E-state index in [1.165, 1.54) is 11.1 Å². The maximum Gasteiger partial charge on any atom is 0.100 e. The molecule has 0 aliphatic heterocycles. The van der Waals surface area contributed by atoms with Gasteiger partial charge < -0.3 is 5.11 Å². The van der Waals surface area contributed by atoms with Crippen molar-refractivity contribution in [1.82, 2.24) is 0 Å². The lowest BCUT2D eigenvalue weighted by atomic mass is 10.1. The number of hydrogen-bond acceptors (Lipinski definition) is 3. The third kappa shape index (κ3) is 3.37. The Morgan fingerprint density at radius 3 is 2.68 bits per heavy atom. The van der Waals surface area contributed by atoms with Crippen molar-refractivity contribution in [2.24, 2.45) is 0 Å². The van der Waals surface area contributed by atoms with Crippen LogP contribution in [-0.4, -0.2) is 5.11 Å². The Balaban J connectivity index is 2.16. The van der Waals surface area contributed by atoms with Crippen molar-refractivity contribution in [1.29, 1.82) is 5.26 Å². The number of hydrogen-bond donors (Lipinski definition) is 1. The quantitative estimate of drug-likeness (QED) is 0.862. The van der Waals surface area contributed by atoms with E-state index in [-0.39, 0.29) is 6.61 Å². The zero-order chi connectivity index (χ0) is 13.7. The SMILES string of the molecule is Cc1ccccc1CSc1ccc(CO)cc1C#N. The number of nitrogens with zero attached hydrogens (tertiary/aromatic N) is 1. The van der Waals surface area contributed by atoms with Crippen molar-refractivity contribution >= 4 is 11.8 Å². The summed E-state index contributed by atoms with van der Waals surface area (Å²) in [6.45, 7) is 2.06. The number of aliphatic hydroxyl groups is 1. The number of benzene rings is 2. The van der Waals surface area contributed by atoms with Gasteiger partial charge in [0.05, 0.1) is 12.2 Å². The number of rotatable bonds is 4. The molecule has 2 nitrogen and oxygen atoms in total. The average Bonchev–Trinajstić information content (AvgIpc) is 2.46. The number of aryl methyl sites for hydroxylation is 1. The summed E-state index contributed by atoms with van der Waals surface area (Å²) in [7, 11) is 0. The molecule has 0 radical (unpaired) electrons. The Morgan fingerprint density at radius 2 is 2.00 bits per heavy atom. The second kappa shape index (κ2) is 6.42. The van der Waals surface area contributed by atoms with Crippen LogP contribution in [0.4, 0.5) is 0 Å². The molecular formula is C16H15NOS. The van der Waals surface area contributed by atoms with E-state index in [2.05, 4.69) is 25.1 Å². The highest BCUT2D eigenvalue weighted by molar-refractivity contribution is 7.98. The molecule has 0 bridgehead atoms. The molecule has 0 aliphatic rings. The van der Waals surface area contributed by atoms with Gasteiger partial charge in [-0.3, -0.25) is 0 Å². The predicted molar refractivity (Wildman–Crippen MR) is 77.8 cm³/mol. The van der Waals surface area contributed by atoms with E-state index in [9.17, 15) is 0 Å². The monoisotopic (exact) mass is 269 g/mol. The van der Waals surface area contributed by atoms with Crippen LogP contribution in [0.1, 0.15) is 22.3 Å². The maximum atomic E-state index is 9.15. The normalized spacial score (nSPS) is 10.2.